The lowest BCUT2D eigenvalue weighted by Crippen LogP contribution is -2.37. The van der Waals surface area contributed by atoms with Crippen LogP contribution in [0.5, 0.6) is 0 Å². The Morgan fingerprint density at radius 2 is 1.74 bits per heavy atom. The summed E-state index contributed by atoms with van der Waals surface area (Å²) in [7, 11) is 0. The van der Waals surface area contributed by atoms with Crippen molar-refractivity contribution in [1.82, 2.24) is 15.1 Å². The second kappa shape index (κ2) is 10.6. The Labute approximate surface area is 206 Å². The summed E-state index contributed by atoms with van der Waals surface area (Å²) < 4.78 is 5.40. The average molecular weight is 473 g/mol. The molecule has 3 heterocycles. The molecule has 3 aliphatic rings. The largest absolute Gasteiger partial charge is 0.381 e. The minimum atomic E-state index is -0.0491. The maximum absolute atomic E-state index is 12.9. The standard InChI is InChI=1S/C28H32N4O3/c29-14-20-6-8-22(9-7-20)28(34)32-17-24-15-31(16-25(24)18-32)12-10-26(21-4-2-1-3-5-21)30-27(33)23-11-13-35-19-23/h1-9,23-26H,10-13,15-19H2,(H,30,33)/t23?,24-,25?,26?/m0/s1. The molecule has 5 rings (SSSR count). The van der Waals surface area contributed by atoms with Gasteiger partial charge in [0.2, 0.25) is 5.91 Å². The van der Waals surface area contributed by atoms with Gasteiger partial charge in [0, 0.05) is 44.9 Å². The third kappa shape index (κ3) is 5.39. The van der Waals surface area contributed by atoms with Crippen molar-refractivity contribution in [3.05, 3.63) is 71.3 Å². The van der Waals surface area contributed by atoms with Gasteiger partial charge in [0.1, 0.15) is 0 Å². The van der Waals surface area contributed by atoms with Crippen molar-refractivity contribution >= 4 is 11.8 Å². The van der Waals surface area contributed by atoms with Crippen LogP contribution in [0.15, 0.2) is 54.6 Å². The molecule has 0 saturated carbocycles. The molecule has 3 unspecified atom stereocenters. The zero-order valence-corrected chi connectivity index (χ0v) is 19.9. The molecule has 2 aromatic carbocycles. The molecular weight excluding hydrogens is 440 g/mol. The summed E-state index contributed by atoms with van der Waals surface area (Å²) in [6.07, 6.45) is 1.65. The molecule has 0 aromatic heterocycles. The maximum Gasteiger partial charge on any atom is 0.253 e. The molecule has 1 N–H and O–H groups in total. The van der Waals surface area contributed by atoms with Gasteiger partial charge in [-0.2, -0.15) is 5.26 Å². The molecule has 4 atom stereocenters. The number of amides is 2. The lowest BCUT2D eigenvalue weighted by molar-refractivity contribution is -0.125. The van der Waals surface area contributed by atoms with Crippen LogP contribution in [0.1, 0.15) is 40.4 Å². The van der Waals surface area contributed by atoms with E-state index in [1.54, 1.807) is 24.3 Å². The van der Waals surface area contributed by atoms with Crippen LogP contribution in [0.4, 0.5) is 0 Å². The molecule has 3 saturated heterocycles. The third-order valence-corrected chi connectivity index (χ3v) is 7.66. The highest BCUT2D eigenvalue weighted by atomic mass is 16.5. The van der Waals surface area contributed by atoms with E-state index >= 15 is 0 Å². The van der Waals surface area contributed by atoms with Gasteiger partial charge < -0.3 is 19.9 Å². The highest BCUT2D eigenvalue weighted by Gasteiger charge is 2.41. The van der Waals surface area contributed by atoms with E-state index in [4.69, 9.17) is 10.00 Å². The van der Waals surface area contributed by atoms with Gasteiger partial charge >= 0.3 is 0 Å². The molecule has 2 amide bonds. The highest BCUT2D eigenvalue weighted by Crippen LogP contribution is 2.32. The van der Waals surface area contributed by atoms with Gasteiger partial charge in [-0.05, 0) is 54.5 Å². The first-order chi connectivity index (χ1) is 17.1. The number of nitrogens with zero attached hydrogens (tertiary/aromatic N) is 3. The fourth-order valence-electron chi connectivity index (χ4n) is 5.66. The van der Waals surface area contributed by atoms with Crippen LogP contribution < -0.4 is 5.32 Å². The molecule has 3 fully saturated rings. The number of carbonyl (C=O) groups is 2. The number of ether oxygens (including phenoxy) is 1. The van der Waals surface area contributed by atoms with Crippen molar-refractivity contribution in [2.24, 2.45) is 17.8 Å². The molecule has 0 radical (unpaired) electrons. The SMILES string of the molecule is N#Cc1ccc(C(=O)N2CC3CN(CCC(NC(=O)C4CCOC4)c4ccccc4)C[C@H]3C2)cc1. The van der Waals surface area contributed by atoms with E-state index < -0.39 is 0 Å². The first-order valence-corrected chi connectivity index (χ1v) is 12.6. The van der Waals surface area contributed by atoms with Gasteiger partial charge in [-0.25, -0.2) is 0 Å². The summed E-state index contributed by atoms with van der Waals surface area (Å²) in [6.45, 7) is 5.61. The van der Waals surface area contributed by atoms with E-state index in [1.807, 2.05) is 23.1 Å². The lowest BCUT2D eigenvalue weighted by atomic mass is 10.0. The zero-order chi connectivity index (χ0) is 24.2. The molecule has 2 aromatic rings. The summed E-state index contributed by atoms with van der Waals surface area (Å²) in [5.74, 6) is 1.06. The van der Waals surface area contributed by atoms with E-state index in [9.17, 15) is 9.59 Å². The van der Waals surface area contributed by atoms with Crippen LogP contribution in [0.3, 0.4) is 0 Å². The summed E-state index contributed by atoms with van der Waals surface area (Å²) in [6, 6.07) is 19.2. The minimum Gasteiger partial charge on any atom is -0.381 e. The van der Waals surface area contributed by atoms with Crippen LogP contribution in [0.2, 0.25) is 0 Å². The maximum atomic E-state index is 12.9. The number of nitrogens with one attached hydrogen (secondary N) is 1. The molecule has 0 bridgehead atoms. The predicted molar refractivity (Wildman–Crippen MR) is 131 cm³/mol. The van der Waals surface area contributed by atoms with Crippen LogP contribution >= 0.6 is 0 Å². The number of nitriles is 1. The lowest BCUT2D eigenvalue weighted by Gasteiger charge is -2.25. The number of likely N-dealkylation sites (tertiary alicyclic amines) is 2. The Kier molecular flexibility index (Phi) is 7.12. The average Bonchev–Trinajstić information content (AvgIpc) is 3.64. The monoisotopic (exact) mass is 472 g/mol. The fraction of sp³-hybridized carbons (Fsp3) is 0.464. The van der Waals surface area contributed by atoms with Crippen molar-refractivity contribution in [1.29, 1.82) is 5.26 Å². The Bertz CT molecular complexity index is 1060. The Balaban J connectivity index is 1.15. The zero-order valence-electron chi connectivity index (χ0n) is 19.9. The second-order valence-electron chi connectivity index (χ2n) is 10.0. The molecule has 7 nitrogen and oxygen atoms in total. The number of hydrogen-bond donors (Lipinski definition) is 1. The molecule has 7 heteroatoms. The van der Waals surface area contributed by atoms with Gasteiger partial charge in [0.15, 0.2) is 0 Å². The van der Waals surface area contributed by atoms with Gasteiger partial charge in [-0.15, -0.1) is 0 Å². The number of benzene rings is 2. The molecule has 182 valence electrons. The third-order valence-electron chi connectivity index (χ3n) is 7.66. The quantitative estimate of drug-likeness (QED) is 0.670. The van der Waals surface area contributed by atoms with E-state index in [0.29, 0.717) is 36.2 Å². The fourth-order valence-corrected chi connectivity index (χ4v) is 5.66. The summed E-state index contributed by atoms with van der Waals surface area (Å²) in [4.78, 5) is 30.2. The van der Waals surface area contributed by atoms with E-state index in [-0.39, 0.29) is 23.8 Å². The van der Waals surface area contributed by atoms with E-state index in [0.717, 1.165) is 51.1 Å². The van der Waals surface area contributed by atoms with Crippen molar-refractivity contribution in [3.63, 3.8) is 0 Å². The van der Waals surface area contributed by atoms with Crippen molar-refractivity contribution in [2.45, 2.75) is 18.9 Å². The first-order valence-electron chi connectivity index (χ1n) is 12.6. The van der Waals surface area contributed by atoms with Crippen LogP contribution in [-0.4, -0.2) is 67.6 Å². The van der Waals surface area contributed by atoms with Gasteiger partial charge in [-0.3, -0.25) is 9.59 Å². The smallest absolute Gasteiger partial charge is 0.253 e. The predicted octanol–water partition coefficient (Wildman–Crippen LogP) is 2.85. The second-order valence-corrected chi connectivity index (χ2v) is 10.0. The topological polar surface area (TPSA) is 85.7 Å². The Morgan fingerprint density at radius 1 is 1.03 bits per heavy atom. The Hall–Kier alpha value is -3.21. The van der Waals surface area contributed by atoms with Crippen molar-refractivity contribution < 1.29 is 14.3 Å². The molecule has 0 spiro atoms. The minimum absolute atomic E-state index is 0.0146. The van der Waals surface area contributed by atoms with Crippen molar-refractivity contribution in [3.8, 4) is 6.07 Å². The number of hydrogen-bond acceptors (Lipinski definition) is 5. The van der Waals surface area contributed by atoms with Crippen LogP contribution in [0.25, 0.3) is 0 Å². The molecule has 35 heavy (non-hydrogen) atoms. The van der Waals surface area contributed by atoms with E-state index in [1.165, 1.54) is 0 Å². The molecular formula is C28H32N4O3. The van der Waals surface area contributed by atoms with Gasteiger partial charge in [0.05, 0.1) is 30.2 Å². The van der Waals surface area contributed by atoms with E-state index in [2.05, 4.69) is 28.4 Å². The normalized spacial score (nSPS) is 24.7. The highest BCUT2D eigenvalue weighted by molar-refractivity contribution is 5.94. The van der Waals surface area contributed by atoms with Crippen molar-refractivity contribution in [2.75, 3.05) is 45.9 Å². The summed E-state index contributed by atoms with van der Waals surface area (Å²) >= 11 is 0. The summed E-state index contributed by atoms with van der Waals surface area (Å²) in [5, 5.41) is 12.3. The Morgan fingerprint density at radius 3 is 2.37 bits per heavy atom. The van der Waals surface area contributed by atoms with Crippen LogP contribution in [-0.2, 0) is 9.53 Å². The first kappa shape index (κ1) is 23.5. The van der Waals surface area contributed by atoms with Crippen LogP contribution in [0, 0.1) is 29.1 Å². The number of carbonyl (C=O) groups excluding carboxylic acids is 2. The number of fused-ring (bicyclic) bond motifs is 1. The van der Waals surface area contributed by atoms with Gasteiger partial charge in [0.25, 0.3) is 5.91 Å². The van der Waals surface area contributed by atoms with Gasteiger partial charge in [-0.1, -0.05) is 30.3 Å². The molecule has 0 aliphatic carbocycles. The molecule has 3 aliphatic heterocycles. The summed E-state index contributed by atoms with van der Waals surface area (Å²) in [5.41, 5.74) is 2.35. The number of rotatable bonds is 7.